The Labute approximate surface area is 86.3 Å². The molecule has 0 radical (unpaired) electrons. The van der Waals surface area contributed by atoms with Gasteiger partial charge in [-0.2, -0.15) is 0 Å². The lowest BCUT2D eigenvalue weighted by molar-refractivity contribution is -0.111. The topological polar surface area (TPSA) is 17.1 Å². The van der Waals surface area contributed by atoms with Gasteiger partial charge in [0.1, 0.15) is 6.29 Å². The second-order valence-electron chi connectivity index (χ2n) is 3.55. The number of aryl methyl sites for hydroxylation is 1. The Morgan fingerprint density at radius 3 is 3.00 bits per heavy atom. The maximum atomic E-state index is 10.6. The number of carbonyl (C=O) groups is 1. The highest BCUT2D eigenvalue weighted by molar-refractivity contribution is 9.10. The highest BCUT2D eigenvalue weighted by Gasteiger charge is 2.17. The van der Waals surface area contributed by atoms with Crippen LogP contribution >= 0.6 is 15.9 Å². The highest BCUT2D eigenvalue weighted by Crippen LogP contribution is 2.26. The monoisotopic (exact) mass is 238 g/mol. The maximum absolute atomic E-state index is 10.6. The van der Waals surface area contributed by atoms with Gasteiger partial charge in [0, 0.05) is 10.4 Å². The van der Waals surface area contributed by atoms with Crippen LogP contribution in [0, 0.1) is 5.92 Å². The third-order valence-corrected chi connectivity index (χ3v) is 3.12. The molecule has 0 bridgehead atoms. The van der Waals surface area contributed by atoms with Crippen LogP contribution in [0.2, 0.25) is 0 Å². The molecule has 0 aromatic heterocycles. The Balaban J connectivity index is 2.31. The molecule has 1 aromatic rings. The number of carbonyl (C=O) groups excluding carboxylic acids is 1. The predicted octanol–water partition coefficient (Wildman–Crippen LogP) is 2.75. The first-order valence-electron chi connectivity index (χ1n) is 4.52. The number of halogens is 1. The fourth-order valence-corrected chi connectivity index (χ4v) is 2.28. The molecule has 1 aliphatic rings. The van der Waals surface area contributed by atoms with E-state index in [2.05, 4.69) is 28.1 Å². The van der Waals surface area contributed by atoms with Gasteiger partial charge in [-0.05, 0) is 42.5 Å². The summed E-state index contributed by atoms with van der Waals surface area (Å²) >= 11 is 3.45. The van der Waals surface area contributed by atoms with E-state index in [4.69, 9.17) is 0 Å². The van der Waals surface area contributed by atoms with Gasteiger partial charge in [0.2, 0.25) is 0 Å². The lowest BCUT2D eigenvalue weighted by Gasteiger charge is -2.20. The lowest BCUT2D eigenvalue weighted by atomic mass is 9.85. The van der Waals surface area contributed by atoms with Gasteiger partial charge in [0.25, 0.3) is 0 Å². The number of fused-ring (bicyclic) bond motifs is 1. The summed E-state index contributed by atoms with van der Waals surface area (Å²) in [6, 6.07) is 6.33. The Kier molecular flexibility index (Phi) is 2.49. The first kappa shape index (κ1) is 8.95. The number of benzene rings is 1. The molecule has 1 aromatic carbocycles. The number of hydrogen-bond donors (Lipinski definition) is 0. The van der Waals surface area contributed by atoms with Crippen LogP contribution in [0.25, 0.3) is 0 Å². The average Bonchev–Trinajstić information content (AvgIpc) is 2.17. The van der Waals surface area contributed by atoms with E-state index < -0.39 is 0 Å². The van der Waals surface area contributed by atoms with Gasteiger partial charge >= 0.3 is 0 Å². The van der Waals surface area contributed by atoms with E-state index in [1.165, 1.54) is 11.1 Å². The van der Waals surface area contributed by atoms with Crippen molar-refractivity contribution in [2.75, 3.05) is 0 Å². The van der Waals surface area contributed by atoms with Gasteiger partial charge in [0.05, 0.1) is 0 Å². The van der Waals surface area contributed by atoms with Gasteiger partial charge in [0.15, 0.2) is 0 Å². The highest BCUT2D eigenvalue weighted by atomic mass is 79.9. The van der Waals surface area contributed by atoms with Crippen molar-refractivity contribution in [1.29, 1.82) is 0 Å². The first-order valence-corrected chi connectivity index (χ1v) is 5.31. The van der Waals surface area contributed by atoms with Crippen LogP contribution < -0.4 is 0 Å². The minimum absolute atomic E-state index is 0.244. The summed E-state index contributed by atoms with van der Waals surface area (Å²) in [5.41, 5.74) is 2.74. The van der Waals surface area contributed by atoms with Crippen LogP contribution in [0.3, 0.4) is 0 Å². The summed E-state index contributed by atoms with van der Waals surface area (Å²) in [6.45, 7) is 0. The minimum atomic E-state index is 0.244. The molecule has 13 heavy (non-hydrogen) atoms. The third kappa shape index (κ3) is 1.83. The van der Waals surface area contributed by atoms with Gasteiger partial charge in [-0.25, -0.2) is 0 Å². The Morgan fingerprint density at radius 1 is 1.38 bits per heavy atom. The normalized spacial score (nSPS) is 20.8. The predicted molar refractivity (Wildman–Crippen MR) is 55.7 cm³/mol. The second kappa shape index (κ2) is 3.62. The molecule has 1 nitrogen and oxygen atoms in total. The second-order valence-corrected chi connectivity index (χ2v) is 4.47. The summed E-state index contributed by atoms with van der Waals surface area (Å²) in [7, 11) is 0. The molecule has 1 unspecified atom stereocenters. The largest absolute Gasteiger partial charge is 0.303 e. The smallest absolute Gasteiger partial charge is 0.123 e. The molecule has 0 N–H and O–H groups in total. The van der Waals surface area contributed by atoms with E-state index in [9.17, 15) is 4.79 Å². The van der Waals surface area contributed by atoms with Crippen molar-refractivity contribution >= 4 is 22.2 Å². The molecule has 2 heteroatoms. The van der Waals surface area contributed by atoms with Crippen molar-refractivity contribution in [2.45, 2.75) is 19.3 Å². The molecule has 1 aliphatic carbocycles. The van der Waals surface area contributed by atoms with Gasteiger partial charge in [-0.3, -0.25) is 0 Å². The van der Waals surface area contributed by atoms with Gasteiger partial charge in [-0.1, -0.05) is 22.0 Å². The molecule has 0 fully saturated rings. The molecule has 0 saturated heterocycles. The van der Waals surface area contributed by atoms with Crippen LogP contribution in [0.1, 0.15) is 17.5 Å². The SMILES string of the molecule is O=CC1CCc2cc(Br)ccc2C1. The Morgan fingerprint density at radius 2 is 2.23 bits per heavy atom. The fourth-order valence-electron chi connectivity index (χ4n) is 1.87. The average molecular weight is 239 g/mol. The molecular weight excluding hydrogens is 228 g/mol. The van der Waals surface area contributed by atoms with E-state index in [-0.39, 0.29) is 5.92 Å². The quantitative estimate of drug-likeness (QED) is 0.688. The lowest BCUT2D eigenvalue weighted by Crippen LogP contribution is -2.14. The molecule has 0 amide bonds. The van der Waals surface area contributed by atoms with E-state index >= 15 is 0 Å². The van der Waals surface area contributed by atoms with Crippen LogP contribution in [0.5, 0.6) is 0 Å². The van der Waals surface area contributed by atoms with Crippen LogP contribution in [-0.4, -0.2) is 6.29 Å². The van der Waals surface area contributed by atoms with Crippen molar-refractivity contribution in [3.63, 3.8) is 0 Å². The van der Waals surface area contributed by atoms with E-state index in [1.54, 1.807) is 0 Å². The van der Waals surface area contributed by atoms with E-state index in [0.717, 1.165) is 30.0 Å². The van der Waals surface area contributed by atoms with Crippen LogP contribution in [-0.2, 0) is 17.6 Å². The molecule has 0 heterocycles. The zero-order valence-corrected chi connectivity index (χ0v) is 8.88. The zero-order valence-electron chi connectivity index (χ0n) is 7.29. The standard InChI is InChI=1S/C11H11BrO/c12-11-4-3-9-5-8(7-13)1-2-10(9)6-11/h3-4,6-8H,1-2,5H2. The molecule has 1 atom stereocenters. The Bertz CT molecular complexity index is 333. The van der Waals surface area contributed by atoms with Crippen molar-refractivity contribution < 1.29 is 4.79 Å². The van der Waals surface area contributed by atoms with Crippen molar-refractivity contribution in [1.82, 2.24) is 0 Å². The molecule has 0 saturated carbocycles. The van der Waals surface area contributed by atoms with Crippen molar-refractivity contribution in [2.24, 2.45) is 5.92 Å². The van der Waals surface area contributed by atoms with Crippen molar-refractivity contribution in [3.8, 4) is 0 Å². The summed E-state index contributed by atoms with van der Waals surface area (Å²) in [4.78, 5) is 10.6. The summed E-state index contributed by atoms with van der Waals surface area (Å²) in [6.07, 6.45) is 4.06. The van der Waals surface area contributed by atoms with Gasteiger partial charge < -0.3 is 4.79 Å². The summed E-state index contributed by atoms with van der Waals surface area (Å²) < 4.78 is 1.14. The van der Waals surface area contributed by atoms with E-state index in [0.29, 0.717) is 0 Å². The van der Waals surface area contributed by atoms with Crippen LogP contribution in [0.4, 0.5) is 0 Å². The molecule has 0 aliphatic heterocycles. The number of aldehydes is 1. The minimum Gasteiger partial charge on any atom is -0.303 e. The number of hydrogen-bond acceptors (Lipinski definition) is 1. The first-order chi connectivity index (χ1) is 6.29. The van der Waals surface area contributed by atoms with Gasteiger partial charge in [-0.15, -0.1) is 0 Å². The molecular formula is C11H11BrO. The third-order valence-electron chi connectivity index (χ3n) is 2.63. The summed E-state index contributed by atoms with van der Waals surface area (Å²) in [5, 5.41) is 0. The fraction of sp³-hybridized carbons (Fsp3) is 0.364. The number of rotatable bonds is 1. The summed E-state index contributed by atoms with van der Waals surface area (Å²) in [5.74, 6) is 0.244. The van der Waals surface area contributed by atoms with Crippen LogP contribution in [0.15, 0.2) is 22.7 Å². The maximum Gasteiger partial charge on any atom is 0.123 e. The molecule has 0 spiro atoms. The van der Waals surface area contributed by atoms with E-state index in [1.807, 2.05) is 6.07 Å². The molecule has 68 valence electrons. The van der Waals surface area contributed by atoms with Crippen molar-refractivity contribution in [3.05, 3.63) is 33.8 Å². The molecule has 2 rings (SSSR count). The zero-order chi connectivity index (χ0) is 9.26. The Hall–Kier alpha value is -0.630.